The van der Waals surface area contributed by atoms with Gasteiger partial charge in [-0.1, -0.05) is 42.6 Å². The van der Waals surface area contributed by atoms with E-state index in [2.05, 4.69) is 18.3 Å². The number of nitrogens with one attached hydrogen (secondary N) is 1. The number of likely N-dealkylation sites (N-methyl/N-ethyl adjacent to an activating group) is 1. The second-order valence-corrected chi connectivity index (χ2v) is 5.19. The maximum Gasteiger partial charge on any atom is 0.0595 e. The minimum atomic E-state index is 0.592. The van der Waals surface area contributed by atoms with E-state index in [0.717, 1.165) is 6.54 Å². The highest BCUT2D eigenvalue weighted by Gasteiger charge is 2.27. The first-order valence-electron chi connectivity index (χ1n) is 5.90. The standard InChI is InChI=1S/C13H17Cl2N/c1-2-16-13-5-3-4-10(13)9-6-7-11(14)12(15)8-9/h6-8,10,13,16H,2-5H2,1H3. The fourth-order valence-electron chi connectivity index (χ4n) is 2.61. The first-order chi connectivity index (χ1) is 7.72. The van der Waals surface area contributed by atoms with Crippen LogP contribution in [0.3, 0.4) is 0 Å². The summed E-state index contributed by atoms with van der Waals surface area (Å²) in [5, 5.41) is 4.86. The van der Waals surface area contributed by atoms with Crippen LogP contribution in [0, 0.1) is 0 Å². The lowest BCUT2D eigenvalue weighted by Crippen LogP contribution is -2.30. The van der Waals surface area contributed by atoms with Crippen molar-refractivity contribution in [3.8, 4) is 0 Å². The molecule has 1 nitrogen and oxygen atoms in total. The third kappa shape index (κ3) is 2.53. The van der Waals surface area contributed by atoms with Crippen LogP contribution in [0.1, 0.15) is 37.7 Å². The van der Waals surface area contributed by atoms with Gasteiger partial charge in [-0.25, -0.2) is 0 Å². The molecular weight excluding hydrogens is 241 g/mol. The molecule has 1 fully saturated rings. The Morgan fingerprint density at radius 1 is 1.25 bits per heavy atom. The zero-order valence-corrected chi connectivity index (χ0v) is 11.0. The Labute approximate surface area is 107 Å². The Morgan fingerprint density at radius 3 is 2.75 bits per heavy atom. The Bertz CT molecular complexity index is 365. The zero-order chi connectivity index (χ0) is 11.5. The van der Waals surface area contributed by atoms with E-state index in [-0.39, 0.29) is 0 Å². The summed E-state index contributed by atoms with van der Waals surface area (Å²) in [7, 11) is 0. The minimum absolute atomic E-state index is 0.592. The van der Waals surface area contributed by atoms with Gasteiger partial charge >= 0.3 is 0 Å². The van der Waals surface area contributed by atoms with Gasteiger partial charge in [0.2, 0.25) is 0 Å². The van der Waals surface area contributed by atoms with Crippen LogP contribution < -0.4 is 5.32 Å². The Balaban J connectivity index is 2.19. The van der Waals surface area contributed by atoms with Crippen LogP contribution >= 0.6 is 23.2 Å². The highest BCUT2D eigenvalue weighted by molar-refractivity contribution is 6.42. The van der Waals surface area contributed by atoms with E-state index in [1.54, 1.807) is 0 Å². The molecular formula is C13H17Cl2N. The lowest BCUT2D eigenvalue weighted by atomic mass is 9.94. The van der Waals surface area contributed by atoms with E-state index in [1.165, 1.54) is 24.8 Å². The van der Waals surface area contributed by atoms with Gasteiger partial charge in [-0.3, -0.25) is 0 Å². The van der Waals surface area contributed by atoms with Crippen molar-refractivity contribution in [1.82, 2.24) is 5.32 Å². The van der Waals surface area contributed by atoms with E-state index in [0.29, 0.717) is 22.0 Å². The summed E-state index contributed by atoms with van der Waals surface area (Å²) in [5.74, 6) is 0.592. The van der Waals surface area contributed by atoms with Crippen molar-refractivity contribution in [2.45, 2.75) is 38.1 Å². The monoisotopic (exact) mass is 257 g/mol. The summed E-state index contributed by atoms with van der Waals surface area (Å²) in [4.78, 5) is 0. The number of rotatable bonds is 3. The molecule has 1 aromatic carbocycles. The van der Waals surface area contributed by atoms with Crippen molar-refractivity contribution in [2.75, 3.05) is 6.54 Å². The van der Waals surface area contributed by atoms with E-state index < -0.39 is 0 Å². The maximum atomic E-state index is 6.06. The lowest BCUT2D eigenvalue weighted by Gasteiger charge is -2.21. The zero-order valence-electron chi connectivity index (χ0n) is 9.47. The molecule has 1 aliphatic carbocycles. The van der Waals surface area contributed by atoms with Crippen molar-refractivity contribution in [2.24, 2.45) is 0 Å². The first-order valence-corrected chi connectivity index (χ1v) is 6.66. The molecule has 1 aromatic rings. The fourth-order valence-corrected chi connectivity index (χ4v) is 2.92. The van der Waals surface area contributed by atoms with E-state index in [4.69, 9.17) is 23.2 Å². The minimum Gasteiger partial charge on any atom is -0.314 e. The smallest absolute Gasteiger partial charge is 0.0595 e. The largest absolute Gasteiger partial charge is 0.314 e. The molecule has 1 saturated carbocycles. The van der Waals surface area contributed by atoms with Crippen molar-refractivity contribution < 1.29 is 0 Å². The van der Waals surface area contributed by atoms with Gasteiger partial charge < -0.3 is 5.32 Å². The van der Waals surface area contributed by atoms with Crippen molar-refractivity contribution >= 4 is 23.2 Å². The normalized spacial score (nSPS) is 24.9. The van der Waals surface area contributed by atoms with Crippen LogP contribution in [0.15, 0.2) is 18.2 Å². The summed E-state index contributed by atoms with van der Waals surface area (Å²) in [5.41, 5.74) is 1.32. The van der Waals surface area contributed by atoms with Crippen LogP contribution in [-0.4, -0.2) is 12.6 Å². The molecule has 0 aliphatic heterocycles. The van der Waals surface area contributed by atoms with Crippen molar-refractivity contribution in [1.29, 1.82) is 0 Å². The van der Waals surface area contributed by atoms with Crippen LogP contribution in [-0.2, 0) is 0 Å². The quantitative estimate of drug-likeness (QED) is 0.855. The van der Waals surface area contributed by atoms with Gasteiger partial charge in [0.05, 0.1) is 10.0 Å². The first kappa shape index (κ1) is 12.2. The number of benzene rings is 1. The van der Waals surface area contributed by atoms with Gasteiger partial charge in [0.1, 0.15) is 0 Å². The van der Waals surface area contributed by atoms with Gasteiger partial charge in [0.15, 0.2) is 0 Å². The Morgan fingerprint density at radius 2 is 2.06 bits per heavy atom. The number of hydrogen-bond acceptors (Lipinski definition) is 1. The second-order valence-electron chi connectivity index (χ2n) is 4.38. The Kier molecular flexibility index (Phi) is 4.12. The molecule has 16 heavy (non-hydrogen) atoms. The molecule has 3 heteroatoms. The van der Waals surface area contributed by atoms with Crippen molar-refractivity contribution in [3.05, 3.63) is 33.8 Å². The molecule has 2 rings (SSSR count). The topological polar surface area (TPSA) is 12.0 Å². The molecule has 2 atom stereocenters. The summed E-state index contributed by atoms with van der Waals surface area (Å²) >= 11 is 12.0. The predicted octanol–water partition coefficient (Wildman–Crippen LogP) is 4.24. The lowest BCUT2D eigenvalue weighted by molar-refractivity contribution is 0.492. The van der Waals surface area contributed by atoms with Gasteiger partial charge in [0.25, 0.3) is 0 Å². The van der Waals surface area contributed by atoms with E-state index >= 15 is 0 Å². The molecule has 0 heterocycles. The molecule has 0 bridgehead atoms. The third-order valence-electron chi connectivity index (χ3n) is 3.35. The van der Waals surface area contributed by atoms with Crippen LogP contribution in [0.2, 0.25) is 10.0 Å². The summed E-state index contributed by atoms with van der Waals surface area (Å²) < 4.78 is 0. The SMILES string of the molecule is CCNC1CCCC1c1ccc(Cl)c(Cl)c1. The second kappa shape index (κ2) is 5.39. The summed E-state index contributed by atoms with van der Waals surface area (Å²) in [6.45, 7) is 3.19. The molecule has 0 aromatic heterocycles. The molecule has 0 saturated heterocycles. The average molecular weight is 258 g/mol. The molecule has 0 radical (unpaired) electrons. The number of halogens is 2. The number of hydrogen-bond donors (Lipinski definition) is 1. The summed E-state index contributed by atoms with van der Waals surface area (Å²) in [6, 6.07) is 6.63. The predicted molar refractivity (Wildman–Crippen MR) is 70.5 cm³/mol. The van der Waals surface area contributed by atoms with Crippen molar-refractivity contribution in [3.63, 3.8) is 0 Å². The van der Waals surface area contributed by atoms with Gasteiger partial charge in [-0.2, -0.15) is 0 Å². The van der Waals surface area contributed by atoms with E-state index in [9.17, 15) is 0 Å². The van der Waals surface area contributed by atoms with E-state index in [1.807, 2.05) is 12.1 Å². The molecule has 0 amide bonds. The van der Waals surface area contributed by atoms with Crippen LogP contribution in [0.4, 0.5) is 0 Å². The summed E-state index contributed by atoms with van der Waals surface area (Å²) in [6.07, 6.45) is 3.80. The highest BCUT2D eigenvalue weighted by Crippen LogP contribution is 2.36. The third-order valence-corrected chi connectivity index (χ3v) is 4.09. The van der Waals surface area contributed by atoms with Crippen LogP contribution in [0.25, 0.3) is 0 Å². The molecule has 2 unspecified atom stereocenters. The van der Waals surface area contributed by atoms with Gasteiger partial charge in [0, 0.05) is 6.04 Å². The highest BCUT2D eigenvalue weighted by atomic mass is 35.5. The molecule has 1 N–H and O–H groups in total. The molecule has 1 aliphatic rings. The fraction of sp³-hybridized carbons (Fsp3) is 0.538. The average Bonchev–Trinajstić information content (AvgIpc) is 2.71. The maximum absolute atomic E-state index is 6.06. The van der Waals surface area contributed by atoms with Crippen LogP contribution in [0.5, 0.6) is 0 Å². The molecule has 0 spiro atoms. The van der Waals surface area contributed by atoms with Gasteiger partial charge in [-0.15, -0.1) is 0 Å². The Hall–Kier alpha value is -0.240. The molecule has 88 valence electrons. The van der Waals surface area contributed by atoms with Gasteiger partial charge in [-0.05, 0) is 43.0 Å².